The van der Waals surface area contributed by atoms with Crippen LogP contribution in [-0.2, 0) is 9.59 Å². The number of halogens is 2. The molecular formula is C21H20Cl2N4O3S. The molecule has 0 unspecified atom stereocenters. The van der Waals surface area contributed by atoms with Gasteiger partial charge in [0.25, 0.3) is 11.8 Å². The summed E-state index contributed by atoms with van der Waals surface area (Å²) in [6.07, 6.45) is -0.206. The van der Waals surface area contributed by atoms with Crippen LogP contribution in [0.3, 0.4) is 0 Å². The van der Waals surface area contributed by atoms with E-state index < -0.39 is 17.9 Å². The first kappa shape index (κ1) is 23.0. The predicted octanol–water partition coefficient (Wildman–Crippen LogP) is 3.79. The van der Waals surface area contributed by atoms with Gasteiger partial charge in [-0.2, -0.15) is 0 Å². The molecule has 3 rings (SSSR count). The number of nitrogens with one attached hydrogen (secondary N) is 2. The molecule has 1 atom stereocenters. The van der Waals surface area contributed by atoms with Crippen LogP contribution in [0, 0.1) is 6.92 Å². The number of hydrazine groups is 1. The van der Waals surface area contributed by atoms with E-state index in [9.17, 15) is 14.4 Å². The van der Waals surface area contributed by atoms with Crippen LogP contribution in [0.4, 0.5) is 5.69 Å². The summed E-state index contributed by atoms with van der Waals surface area (Å²) in [6.45, 7) is 3.93. The van der Waals surface area contributed by atoms with Crippen molar-refractivity contribution in [3.05, 3.63) is 63.6 Å². The first-order chi connectivity index (χ1) is 14.7. The van der Waals surface area contributed by atoms with E-state index in [-0.39, 0.29) is 17.4 Å². The summed E-state index contributed by atoms with van der Waals surface area (Å²) in [4.78, 5) is 39.5. The molecule has 1 aliphatic heterocycles. The smallest absolute Gasteiger partial charge is 0.269 e. The molecule has 0 radical (unpaired) electrons. The molecule has 0 spiro atoms. The highest BCUT2D eigenvalue weighted by Gasteiger charge is 2.43. The standard InChI is InChI=1S/C21H20Cl2N4O3S/c1-3-26-20(30)17(11-18(28)24-15-9-4-12(2)16(23)10-15)27(21(26)31)25-19(29)13-5-7-14(22)8-6-13/h4-10,17H,3,11H2,1-2H3,(H,24,28)(H,25,29)/t17-/m0/s1. The molecule has 1 fully saturated rings. The van der Waals surface area contributed by atoms with Crippen LogP contribution in [0.25, 0.3) is 0 Å². The number of aryl methyl sites for hydroxylation is 1. The Morgan fingerprint density at radius 2 is 1.81 bits per heavy atom. The largest absolute Gasteiger partial charge is 0.326 e. The molecule has 2 aromatic rings. The lowest BCUT2D eigenvalue weighted by molar-refractivity contribution is -0.130. The van der Waals surface area contributed by atoms with E-state index in [4.69, 9.17) is 35.4 Å². The number of benzene rings is 2. The lowest BCUT2D eigenvalue weighted by Crippen LogP contribution is -2.49. The number of amides is 3. The van der Waals surface area contributed by atoms with Crippen molar-refractivity contribution in [2.24, 2.45) is 0 Å². The minimum absolute atomic E-state index is 0.131. The number of hydrogen-bond acceptors (Lipinski definition) is 4. The van der Waals surface area contributed by atoms with Crippen molar-refractivity contribution in [1.29, 1.82) is 0 Å². The fraction of sp³-hybridized carbons (Fsp3) is 0.238. The summed E-state index contributed by atoms with van der Waals surface area (Å²) < 4.78 is 0. The van der Waals surface area contributed by atoms with Crippen molar-refractivity contribution in [3.63, 3.8) is 0 Å². The number of likely N-dealkylation sites (N-methyl/N-ethyl adjacent to an activating group) is 1. The molecule has 162 valence electrons. The molecule has 2 aromatic carbocycles. The Balaban J connectivity index is 1.76. The summed E-state index contributed by atoms with van der Waals surface area (Å²) in [5.41, 5.74) is 4.37. The maximum Gasteiger partial charge on any atom is 0.269 e. The van der Waals surface area contributed by atoms with Gasteiger partial charge < -0.3 is 5.32 Å². The van der Waals surface area contributed by atoms with Crippen LogP contribution in [0.2, 0.25) is 10.0 Å². The van der Waals surface area contributed by atoms with Crippen molar-refractivity contribution >= 4 is 63.9 Å². The molecule has 0 bridgehead atoms. The number of thiocarbonyl (C=S) groups is 1. The second kappa shape index (κ2) is 9.64. The van der Waals surface area contributed by atoms with Gasteiger partial charge in [0.2, 0.25) is 5.91 Å². The van der Waals surface area contributed by atoms with Gasteiger partial charge in [-0.15, -0.1) is 0 Å². The average molecular weight is 479 g/mol. The average Bonchev–Trinajstić information content (AvgIpc) is 2.94. The number of carbonyl (C=O) groups is 3. The van der Waals surface area contributed by atoms with Crippen LogP contribution >= 0.6 is 35.4 Å². The Hall–Kier alpha value is -2.68. The highest BCUT2D eigenvalue weighted by atomic mass is 35.5. The predicted molar refractivity (Wildman–Crippen MR) is 124 cm³/mol. The van der Waals surface area contributed by atoms with Crippen LogP contribution in [-0.4, -0.2) is 45.3 Å². The number of hydrogen-bond donors (Lipinski definition) is 2. The van der Waals surface area contributed by atoms with Crippen molar-refractivity contribution in [2.75, 3.05) is 11.9 Å². The van der Waals surface area contributed by atoms with E-state index >= 15 is 0 Å². The minimum atomic E-state index is -0.968. The van der Waals surface area contributed by atoms with Gasteiger partial charge in [-0.3, -0.25) is 24.7 Å². The van der Waals surface area contributed by atoms with Crippen LogP contribution in [0.15, 0.2) is 42.5 Å². The van der Waals surface area contributed by atoms with Gasteiger partial charge in [0.15, 0.2) is 5.11 Å². The Morgan fingerprint density at radius 1 is 1.13 bits per heavy atom. The lowest BCUT2D eigenvalue weighted by atomic mass is 10.1. The molecule has 0 saturated carbocycles. The zero-order valence-corrected chi connectivity index (χ0v) is 19.1. The highest BCUT2D eigenvalue weighted by molar-refractivity contribution is 7.80. The van der Waals surface area contributed by atoms with Gasteiger partial charge in [-0.05, 0) is 68.0 Å². The minimum Gasteiger partial charge on any atom is -0.326 e. The zero-order valence-electron chi connectivity index (χ0n) is 16.8. The summed E-state index contributed by atoms with van der Waals surface area (Å²) in [5.74, 6) is -1.24. The van der Waals surface area contributed by atoms with E-state index in [1.807, 2.05) is 6.92 Å². The SMILES string of the molecule is CCN1C(=O)[C@H](CC(=O)Nc2ccc(C)c(Cl)c2)N(NC(=O)c2ccc(Cl)cc2)C1=S. The normalized spacial score (nSPS) is 15.9. The molecule has 1 saturated heterocycles. The van der Waals surface area contributed by atoms with E-state index in [1.54, 1.807) is 49.4 Å². The Morgan fingerprint density at radius 3 is 2.42 bits per heavy atom. The molecule has 7 nitrogen and oxygen atoms in total. The topological polar surface area (TPSA) is 81.8 Å². The highest BCUT2D eigenvalue weighted by Crippen LogP contribution is 2.22. The molecule has 3 amide bonds. The quantitative estimate of drug-likeness (QED) is 0.617. The fourth-order valence-corrected chi connectivity index (χ4v) is 3.78. The summed E-state index contributed by atoms with van der Waals surface area (Å²) >= 11 is 17.3. The van der Waals surface area contributed by atoms with E-state index in [0.717, 1.165) is 5.56 Å². The third kappa shape index (κ3) is 5.15. The molecule has 2 N–H and O–H groups in total. The lowest BCUT2D eigenvalue weighted by Gasteiger charge is -2.24. The zero-order chi connectivity index (χ0) is 22.7. The second-order valence-corrected chi connectivity index (χ2v) is 8.12. The first-order valence-electron chi connectivity index (χ1n) is 9.48. The number of carbonyl (C=O) groups excluding carboxylic acids is 3. The molecule has 10 heteroatoms. The van der Waals surface area contributed by atoms with Crippen molar-refractivity contribution in [2.45, 2.75) is 26.3 Å². The summed E-state index contributed by atoms with van der Waals surface area (Å²) in [7, 11) is 0. The van der Waals surface area contributed by atoms with Gasteiger partial charge in [-0.1, -0.05) is 29.3 Å². The van der Waals surface area contributed by atoms with Crippen LogP contribution in [0.1, 0.15) is 29.3 Å². The molecule has 0 aliphatic carbocycles. The number of anilines is 1. The van der Waals surface area contributed by atoms with Gasteiger partial charge >= 0.3 is 0 Å². The van der Waals surface area contributed by atoms with Crippen LogP contribution in [0.5, 0.6) is 0 Å². The molecular weight excluding hydrogens is 459 g/mol. The number of rotatable bonds is 6. The Kier molecular flexibility index (Phi) is 7.15. The van der Waals surface area contributed by atoms with Crippen LogP contribution < -0.4 is 10.7 Å². The second-order valence-electron chi connectivity index (χ2n) is 6.91. The van der Waals surface area contributed by atoms with Gasteiger partial charge in [0.1, 0.15) is 6.04 Å². The van der Waals surface area contributed by atoms with E-state index in [0.29, 0.717) is 27.8 Å². The third-order valence-corrected chi connectivity index (χ3v) is 5.85. The van der Waals surface area contributed by atoms with Crippen molar-refractivity contribution in [3.8, 4) is 0 Å². The maximum absolute atomic E-state index is 12.8. The molecule has 1 heterocycles. The van der Waals surface area contributed by atoms with Gasteiger partial charge in [0, 0.05) is 27.8 Å². The summed E-state index contributed by atoms with van der Waals surface area (Å²) in [5, 5.41) is 5.13. The Bertz CT molecular complexity index is 1050. The molecule has 1 aliphatic rings. The van der Waals surface area contributed by atoms with Crippen molar-refractivity contribution < 1.29 is 14.4 Å². The van der Waals surface area contributed by atoms with E-state index in [2.05, 4.69) is 10.7 Å². The van der Waals surface area contributed by atoms with Gasteiger partial charge in [-0.25, -0.2) is 5.01 Å². The summed E-state index contributed by atoms with van der Waals surface area (Å²) in [6, 6.07) is 10.4. The third-order valence-electron chi connectivity index (χ3n) is 4.78. The molecule has 31 heavy (non-hydrogen) atoms. The fourth-order valence-electron chi connectivity index (χ4n) is 3.08. The van der Waals surface area contributed by atoms with Gasteiger partial charge in [0.05, 0.1) is 6.42 Å². The first-order valence-corrected chi connectivity index (χ1v) is 10.6. The van der Waals surface area contributed by atoms with Crippen molar-refractivity contribution in [1.82, 2.24) is 15.3 Å². The molecule has 0 aromatic heterocycles. The maximum atomic E-state index is 12.8. The Labute approximate surface area is 195 Å². The van der Waals surface area contributed by atoms with E-state index in [1.165, 1.54) is 9.91 Å². The monoisotopic (exact) mass is 478 g/mol. The number of nitrogens with zero attached hydrogens (tertiary/aromatic N) is 2.